The number of rotatable bonds is 5. The Labute approximate surface area is 157 Å². The number of carbonyl (C=O) groups is 1. The Balaban J connectivity index is 1.63. The van der Waals surface area contributed by atoms with Gasteiger partial charge in [-0.05, 0) is 48.2 Å². The number of thioether (sulfide) groups is 1. The zero-order valence-electron chi connectivity index (χ0n) is 14.1. The molecule has 3 aromatic rings. The van der Waals surface area contributed by atoms with Crippen molar-refractivity contribution >= 4 is 23.7 Å². The average molecular weight is 393 g/mol. The number of benzene rings is 2. The highest BCUT2D eigenvalue weighted by Gasteiger charge is 2.30. The molecule has 1 heterocycles. The van der Waals surface area contributed by atoms with E-state index in [1.807, 2.05) is 30.5 Å². The van der Waals surface area contributed by atoms with E-state index in [4.69, 9.17) is 4.42 Å². The van der Waals surface area contributed by atoms with E-state index in [0.717, 1.165) is 34.7 Å². The van der Waals surface area contributed by atoms with Crippen molar-refractivity contribution in [2.75, 3.05) is 11.6 Å². The second kappa shape index (κ2) is 7.83. The standard InChI is InChI=1S/C18H14F3N3O2S/c1-27-14-8-2-11(3-9-14)10-15-23-24-17(26-15)22-16(25)12-4-6-13(7-5-12)18(19,20)21/h2-9H,10H2,1H3,(H,22,24,25). The van der Waals surface area contributed by atoms with E-state index in [0.29, 0.717) is 12.3 Å². The summed E-state index contributed by atoms with van der Waals surface area (Å²) in [5.74, 6) is -0.321. The van der Waals surface area contributed by atoms with Crippen LogP contribution in [0.5, 0.6) is 0 Å². The topological polar surface area (TPSA) is 68.0 Å². The Morgan fingerprint density at radius 1 is 1.07 bits per heavy atom. The van der Waals surface area contributed by atoms with Crippen molar-refractivity contribution in [3.05, 3.63) is 71.1 Å². The minimum absolute atomic E-state index is 0.0513. The average Bonchev–Trinajstić information content (AvgIpc) is 3.08. The molecule has 27 heavy (non-hydrogen) atoms. The van der Waals surface area contributed by atoms with E-state index in [2.05, 4.69) is 15.5 Å². The fourth-order valence-corrected chi connectivity index (χ4v) is 2.68. The van der Waals surface area contributed by atoms with Gasteiger partial charge in [0.2, 0.25) is 5.89 Å². The SMILES string of the molecule is CSc1ccc(Cc2nnc(NC(=O)c3ccc(C(F)(F)F)cc3)o2)cc1. The van der Waals surface area contributed by atoms with Gasteiger partial charge in [0.05, 0.1) is 12.0 Å². The van der Waals surface area contributed by atoms with Crippen LogP contribution in [0.1, 0.15) is 27.4 Å². The van der Waals surface area contributed by atoms with Gasteiger partial charge in [-0.3, -0.25) is 10.1 Å². The monoisotopic (exact) mass is 393 g/mol. The molecule has 0 saturated carbocycles. The Hall–Kier alpha value is -2.81. The minimum Gasteiger partial charge on any atom is -0.407 e. The number of aromatic nitrogens is 2. The van der Waals surface area contributed by atoms with Crippen molar-refractivity contribution in [1.29, 1.82) is 0 Å². The number of anilines is 1. The molecule has 1 amide bonds. The molecule has 0 unspecified atom stereocenters. The van der Waals surface area contributed by atoms with E-state index in [1.165, 1.54) is 0 Å². The molecule has 1 N–H and O–H groups in total. The second-order valence-corrected chi connectivity index (χ2v) is 6.43. The summed E-state index contributed by atoms with van der Waals surface area (Å²) in [6, 6.07) is 11.6. The first kappa shape index (κ1) is 19.0. The van der Waals surface area contributed by atoms with Crippen LogP contribution in [0.3, 0.4) is 0 Å². The third kappa shape index (κ3) is 4.88. The summed E-state index contributed by atoms with van der Waals surface area (Å²) in [6.45, 7) is 0. The van der Waals surface area contributed by atoms with Crippen molar-refractivity contribution in [1.82, 2.24) is 10.2 Å². The Morgan fingerprint density at radius 2 is 1.74 bits per heavy atom. The molecule has 0 fully saturated rings. The largest absolute Gasteiger partial charge is 0.416 e. The molecular formula is C18H14F3N3O2S. The van der Waals surface area contributed by atoms with Gasteiger partial charge < -0.3 is 4.42 Å². The molecule has 0 aliphatic rings. The fourth-order valence-electron chi connectivity index (χ4n) is 2.27. The quantitative estimate of drug-likeness (QED) is 0.639. The van der Waals surface area contributed by atoms with Gasteiger partial charge >= 0.3 is 12.2 Å². The molecule has 0 aliphatic carbocycles. The highest BCUT2D eigenvalue weighted by atomic mass is 32.2. The molecule has 2 aromatic carbocycles. The van der Waals surface area contributed by atoms with Crippen molar-refractivity contribution in [3.63, 3.8) is 0 Å². The normalized spacial score (nSPS) is 11.4. The van der Waals surface area contributed by atoms with Crippen LogP contribution < -0.4 is 5.32 Å². The smallest absolute Gasteiger partial charge is 0.407 e. The molecule has 9 heteroatoms. The lowest BCUT2D eigenvalue weighted by Crippen LogP contribution is -2.13. The van der Waals surface area contributed by atoms with Crippen LogP contribution >= 0.6 is 11.8 Å². The van der Waals surface area contributed by atoms with Gasteiger partial charge in [-0.1, -0.05) is 17.2 Å². The maximum atomic E-state index is 12.6. The van der Waals surface area contributed by atoms with Crippen LogP contribution in [0.4, 0.5) is 19.2 Å². The molecule has 0 bridgehead atoms. The fraction of sp³-hybridized carbons (Fsp3) is 0.167. The van der Waals surface area contributed by atoms with Crippen molar-refractivity contribution < 1.29 is 22.4 Å². The van der Waals surface area contributed by atoms with E-state index in [-0.39, 0.29) is 11.6 Å². The molecule has 0 saturated heterocycles. The lowest BCUT2D eigenvalue weighted by molar-refractivity contribution is -0.137. The summed E-state index contributed by atoms with van der Waals surface area (Å²) < 4.78 is 43.0. The first-order valence-corrected chi connectivity index (χ1v) is 9.01. The second-order valence-electron chi connectivity index (χ2n) is 5.56. The molecule has 0 radical (unpaired) electrons. The van der Waals surface area contributed by atoms with Gasteiger partial charge in [-0.25, -0.2) is 0 Å². The minimum atomic E-state index is -4.45. The summed E-state index contributed by atoms with van der Waals surface area (Å²) in [5.41, 5.74) is 0.194. The molecule has 0 atom stereocenters. The van der Waals surface area contributed by atoms with Gasteiger partial charge in [0.15, 0.2) is 0 Å². The first-order chi connectivity index (χ1) is 12.8. The molecule has 1 aromatic heterocycles. The third-order valence-corrected chi connectivity index (χ3v) is 4.42. The first-order valence-electron chi connectivity index (χ1n) is 7.79. The van der Waals surface area contributed by atoms with Crippen LogP contribution in [-0.2, 0) is 12.6 Å². The number of hydrogen-bond donors (Lipinski definition) is 1. The van der Waals surface area contributed by atoms with Crippen molar-refractivity contribution in [2.24, 2.45) is 0 Å². The van der Waals surface area contributed by atoms with Crippen LogP contribution in [0.2, 0.25) is 0 Å². The van der Waals surface area contributed by atoms with E-state index in [1.54, 1.807) is 11.8 Å². The van der Waals surface area contributed by atoms with E-state index < -0.39 is 17.6 Å². The van der Waals surface area contributed by atoms with Crippen LogP contribution in [0.25, 0.3) is 0 Å². The Kier molecular flexibility index (Phi) is 5.50. The molecular weight excluding hydrogens is 379 g/mol. The summed E-state index contributed by atoms with van der Waals surface area (Å²) in [4.78, 5) is 13.2. The number of alkyl halides is 3. The molecule has 0 aliphatic heterocycles. The van der Waals surface area contributed by atoms with Gasteiger partial charge in [0.1, 0.15) is 0 Å². The highest BCUT2D eigenvalue weighted by molar-refractivity contribution is 7.98. The molecule has 5 nitrogen and oxygen atoms in total. The van der Waals surface area contributed by atoms with Gasteiger partial charge in [-0.15, -0.1) is 16.9 Å². The number of hydrogen-bond acceptors (Lipinski definition) is 5. The lowest BCUT2D eigenvalue weighted by Gasteiger charge is -2.07. The van der Waals surface area contributed by atoms with Crippen molar-refractivity contribution in [3.8, 4) is 0 Å². The number of carbonyl (C=O) groups excluding carboxylic acids is 1. The zero-order chi connectivity index (χ0) is 19.4. The predicted octanol–water partition coefficient (Wildman–Crippen LogP) is 4.65. The summed E-state index contributed by atoms with van der Waals surface area (Å²) in [7, 11) is 0. The summed E-state index contributed by atoms with van der Waals surface area (Å²) in [6.07, 6.45) is -2.07. The number of nitrogens with zero attached hydrogens (tertiary/aromatic N) is 2. The Morgan fingerprint density at radius 3 is 2.33 bits per heavy atom. The molecule has 3 rings (SSSR count). The van der Waals surface area contributed by atoms with Gasteiger partial charge in [0, 0.05) is 10.5 Å². The zero-order valence-corrected chi connectivity index (χ0v) is 14.9. The lowest BCUT2D eigenvalue weighted by atomic mass is 10.1. The van der Waals surface area contributed by atoms with Crippen LogP contribution in [0.15, 0.2) is 57.8 Å². The number of amides is 1. The highest BCUT2D eigenvalue weighted by Crippen LogP contribution is 2.29. The third-order valence-electron chi connectivity index (χ3n) is 3.68. The van der Waals surface area contributed by atoms with Gasteiger partial charge in [0.25, 0.3) is 5.91 Å². The summed E-state index contributed by atoms with van der Waals surface area (Å²) in [5, 5.41) is 9.97. The van der Waals surface area contributed by atoms with Crippen molar-refractivity contribution in [2.45, 2.75) is 17.5 Å². The summed E-state index contributed by atoms with van der Waals surface area (Å²) >= 11 is 1.63. The van der Waals surface area contributed by atoms with E-state index >= 15 is 0 Å². The Bertz CT molecular complexity index is 922. The molecule has 140 valence electrons. The van der Waals surface area contributed by atoms with Crippen LogP contribution in [-0.4, -0.2) is 22.4 Å². The van der Waals surface area contributed by atoms with Gasteiger partial charge in [-0.2, -0.15) is 13.2 Å². The predicted molar refractivity (Wildman–Crippen MR) is 94.7 cm³/mol. The molecule has 0 spiro atoms. The number of halogens is 3. The number of nitrogens with one attached hydrogen (secondary N) is 1. The maximum absolute atomic E-state index is 12.6. The van der Waals surface area contributed by atoms with E-state index in [9.17, 15) is 18.0 Å². The van der Waals surface area contributed by atoms with Crippen LogP contribution in [0, 0.1) is 0 Å². The maximum Gasteiger partial charge on any atom is 0.416 e.